The van der Waals surface area contributed by atoms with Crippen LogP contribution in [0.15, 0.2) is 0 Å². The van der Waals surface area contributed by atoms with Crippen molar-refractivity contribution in [2.24, 2.45) is 34.0 Å². The van der Waals surface area contributed by atoms with Crippen molar-refractivity contribution >= 4 is 11.6 Å². The van der Waals surface area contributed by atoms with E-state index >= 15 is 0 Å². The minimum Gasteiger partial charge on any atom is -0.388 e. The quantitative estimate of drug-likeness (QED) is 0.641. The van der Waals surface area contributed by atoms with Gasteiger partial charge in [-0.2, -0.15) is 0 Å². The van der Waals surface area contributed by atoms with Gasteiger partial charge in [0.25, 0.3) is 0 Å². The van der Waals surface area contributed by atoms with E-state index in [1.54, 1.807) is 0 Å². The van der Waals surface area contributed by atoms with Crippen LogP contribution in [0.25, 0.3) is 0 Å². The zero-order chi connectivity index (χ0) is 15.8. The van der Waals surface area contributed by atoms with Crippen molar-refractivity contribution in [1.29, 1.82) is 0 Å². The minimum absolute atomic E-state index is 0.408. The van der Waals surface area contributed by atoms with Crippen LogP contribution in [-0.4, -0.2) is 16.6 Å². The van der Waals surface area contributed by atoms with Gasteiger partial charge in [0.1, 0.15) is 0 Å². The van der Waals surface area contributed by atoms with Gasteiger partial charge < -0.3 is 5.11 Å². The molecule has 0 aromatic rings. The summed E-state index contributed by atoms with van der Waals surface area (Å²) in [6.07, 6.45) is 11.7. The molecule has 0 aromatic carbocycles. The molecule has 1 nitrogen and oxygen atoms in total. The third-order valence-corrected chi connectivity index (χ3v) is 9.31. The summed E-state index contributed by atoms with van der Waals surface area (Å²) >= 11 is 6.21. The highest BCUT2D eigenvalue weighted by Crippen LogP contribution is 2.72. The number of rotatable bonds is 1. The SMILES string of the molecule is CC1(C)CCCC2(C)[C@@H]1CCC13CC(CC[C@H]12)[C@@](O)(CCl)C3. The summed E-state index contributed by atoms with van der Waals surface area (Å²) in [7, 11) is 0. The molecule has 2 heteroatoms. The number of halogens is 1. The van der Waals surface area contributed by atoms with Crippen molar-refractivity contribution < 1.29 is 5.11 Å². The maximum absolute atomic E-state index is 11.1. The Labute approximate surface area is 141 Å². The second-order valence-electron chi connectivity index (χ2n) is 10.2. The van der Waals surface area contributed by atoms with Gasteiger partial charge in [-0.25, -0.2) is 0 Å². The van der Waals surface area contributed by atoms with Crippen molar-refractivity contribution in [3.63, 3.8) is 0 Å². The molecule has 22 heavy (non-hydrogen) atoms. The van der Waals surface area contributed by atoms with E-state index in [4.69, 9.17) is 11.6 Å². The van der Waals surface area contributed by atoms with E-state index in [0.29, 0.717) is 28.0 Å². The average Bonchev–Trinajstić information content (AvgIpc) is 2.65. The zero-order valence-electron chi connectivity index (χ0n) is 14.6. The first-order valence-corrected chi connectivity index (χ1v) is 10.1. The second-order valence-corrected chi connectivity index (χ2v) is 10.5. The Balaban J connectivity index is 1.72. The molecule has 2 bridgehead atoms. The van der Waals surface area contributed by atoms with E-state index in [0.717, 1.165) is 18.3 Å². The summed E-state index contributed by atoms with van der Waals surface area (Å²) in [4.78, 5) is 0. The Morgan fingerprint density at radius 2 is 1.77 bits per heavy atom. The third kappa shape index (κ3) is 1.88. The molecular formula is C20H33ClO. The highest BCUT2D eigenvalue weighted by atomic mass is 35.5. The van der Waals surface area contributed by atoms with Gasteiger partial charge in [-0.3, -0.25) is 0 Å². The molecule has 0 saturated heterocycles. The molecule has 0 aliphatic heterocycles. The average molecular weight is 325 g/mol. The Morgan fingerprint density at radius 1 is 1.00 bits per heavy atom. The highest BCUT2D eigenvalue weighted by molar-refractivity contribution is 6.18. The van der Waals surface area contributed by atoms with Gasteiger partial charge in [-0.15, -0.1) is 11.6 Å². The van der Waals surface area contributed by atoms with Crippen LogP contribution in [0.4, 0.5) is 0 Å². The van der Waals surface area contributed by atoms with Crippen molar-refractivity contribution in [3.8, 4) is 0 Å². The lowest BCUT2D eigenvalue weighted by Crippen LogP contribution is -2.55. The zero-order valence-corrected chi connectivity index (χ0v) is 15.4. The van der Waals surface area contributed by atoms with Crippen molar-refractivity contribution in [2.75, 3.05) is 5.88 Å². The predicted molar refractivity (Wildman–Crippen MR) is 92.0 cm³/mol. The first kappa shape index (κ1) is 15.8. The fourth-order valence-electron chi connectivity index (χ4n) is 8.10. The molecule has 0 heterocycles. The highest BCUT2D eigenvalue weighted by Gasteiger charge is 2.66. The van der Waals surface area contributed by atoms with Crippen LogP contribution < -0.4 is 0 Å². The number of aliphatic hydroxyl groups is 1. The van der Waals surface area contributed by atoms with Crippen LogP contribution in [0, 0.1) is 34.0 Å². The first-order valence-electron chi connectivity index (χ1n) is 9.54. The Bertz CT molecular complexity index is 474. The standard InChI is InChI=1S/C20H33ClO/c1-17(2)8-4-9-18(3)15(17)7-10-19-11-14(5-6-16(18)19)20(22,12-19)13-21/h14-16,22H,4-13H2,1-3H3/t14?,15-,16+,18?,19?,20+/m1/s1. The minimum atomic E-state index is -0.566. The molecule has 4 rings (SSSR count). The van der Waals surface area contributed by atoms with Crippen LogP contribution >= 0.6 is 11.6 Å². The number of alkyl halides is 1. The lowest BCUT2D eigenvalue weighted by Gasteiger charge is -2.64. The summed E-state index contributed by atoms with van der Waals surface area (Å²) in [6.45, 7) is 7.65. The van der Waals surface area contributed by atoms with Gasteiger partial charge in [0.15, 0.2) is 0 Å². The topological polar surface area (TPSA) is 20.2 Å². The molecule has 0 amide bonds. The predicted octanol–water partition coefficient (Wildman–Crippen LogP) is 5.39. The maximum Gasteiger partial charge on any atom is 0.0816 e. The Hall–Kier alpha value is 0.250. The van der Waals surface area contributed by atoms with Gasteiger partial charge in [-0.1, -0.05) is 27.2 Å². The largest absolute Gasteiger partial charge is 0.388 e. The summed E-state index contributed by atoms with van der Waals surface area (Å²) in [5, 5.41) is 11.1. The molecule has 126 valence electrons. The third-order valence-electron chi connectivity index (χ3n) is 8.85. The molecule has 4 saturated carbocycles. The second kappa shape index (κ2) is 4.66. The molecule has 3 unspecified atom stereocenters. The molecule has 1 N–H and O–H groups in total. The molecule has 4 fully saturated rings. The summed E-state index contributed by atoms with van der Waals surface area (Å²) in [5.41, 5.74) is 0.851. The van der Waals surface area contributed by atoms with Crippen molar-refractivity contribution in [2.45, 2.75) is 84.2 Å². The van der Waals surface area contributed by atoms with Crippen molar-refractivity contribution in [1.82, 2.24) is 0 Å². The van der Waals surface area contributed by atoms with E-state index < -0.39 is 5.60 Å². The van der Waals surface area contributed by atoms with Crippen LogP contribution in [0.1, 0.15) is 78.6 Å². The van der Waals surface area contributed by atoms with E-state index in [9.17, 15) is 5.11 Å². The van der Waals surface area contributed by atoms with E-state index in [2.05, 4.69) is 20.8 Å². The smallest absolute Gasteiger partial charge is 0.0816 e. The molecule has 0 aromatic heterocycles. The molecule has 1 spiro atoms. The molecule has 6 atom stereocenters. The lowest BCUT2D eigenvalue weighted by molar-refractivity contribution is -0.145. The van der Waals surface area contributed by atoms with Gasteiger partial charge >= 0.3 is 0 Å². The maximum atomic E-state index is 11.1. The summed E-state index contributed by atoms with van der Waals surface area (Å²) in [6, 6.07) is 0. The monoisotopic (exact) mass is 324 g/mol. The number of fused-ring (bicyclic) bond motifs is 3. The van der Waals surface area contributed by atoms with E-state index in [1.807, 2.05) is 0 Å². The fraction of sp³-hybridized carbons (Fsp3) is 1.00. The Morgan fingerprint density at radius 3 is 2.50 bits per heavy atom. The van der Waals surface area contributed by atoms with Gasteiger partial charge in [-0.05, 0) is 85.4 Å². The van der Waals surface area contributed by atoms with Gasteiger partial charge in [0, 0.05) is 0 Å². The summed E-state index contributed by atoms with van der Waals surface area (Å²) in [5.74, 6) is 2.62. The normalized spacial score (nSPS) is 56.3. The fourth-order valence-corrected chi connectivity index (χ4v) is 8.42. The number of hydrogen-bond donors (Lipinski definition) is 1. The van der Waals surface area contributed by atoms with E-state index in [1.165, 1.54) is 51.4 Å². The number of hydrogen-bond acceptors (Lipinski definition) is 1. The summed E-state index contributed by atoms with van der Waals surface area (Å²) < 4.78 is 0. The molecule has 4 aliphatic rings. The lowest BCUT2D eigenvalue weighted by atomic mass is 9.41. The van der Waals surface area contributed by atoms with E-state index in [-0.39, 0.29) is 0 Å². The molecule has 4 aliphatic carbocycles. The Kier molecular flexibility index (Phi) is 3.34. The molecule has 0 radical (unpaired) electrons. The van der Waals surface area contributed by atoms with Crippen LogP contribution in [0.2, 0.25) is 0 Å². The van der Waals surface area contributed by atoms with Crippen LogP contribution in [0.5, 0.6) is 0 Å². The molecular weight excluding hydrogens is 292 g/mol. The van der Waals surface area contributed by atoms with Crippen molar-refractivity contribution in [3.05, 3.63) is 0 Å². The van der Waals surface area contributed by atoms with Crippen LogP contribution in [-0.2, 0) is 0 Å². The van der Waals surface area contributed by atoms with Gasteiger partial charge in [0.2, 0.25) is 0 Å². The first-order chi connectivity index (χ1) is 10.3. The van der Waals surface area contributed by atoms with Gasteiger partial charge in [0.05, 0.1) is 11.5 Å². The van der Waals surface area contributed by atoms with Crippen LogP contribution in [0.3, 0.4) is 0 Å².